The number of guanidine groups is 1. The van der Waals surface area contributed by atoms with Gasteiger partial charge in [0.25, 0.3) is 5.91 Å². The fourth-order valence-electron chi connectivity index (χ4n) is 3.44. The molecule has 0 heterocycles. The molecule has 162 valence electrons. The van der Waals surface area contributed by atoms with E-state index in [0.29, 0.717) is 33.4 Å². The van der Waals surface area contributed by atoms with Gasteiger partial charge >= 0.3 is 6.09 Å². The minimum absolute atomic E-state index is 0.0175. The smallest absolute Gasteiger partial charge is 0.404 e. The van der Waals surface area contributed by atoms with E-state index in [1.807, 2.05) is 0 Å². The van der Waals surface area contributed by atoms with Crippen molar-refractivity contribution in [3.8, 4) is 0 Å². The van der Waals surface area contributed by atoms with E-state index in [9.17, 15) is 9.59 Å². The second-order valence-electron chi connectivity index (χ2n) is 7.61. The van der Waals surface area contributed by atoms with Gasteiger partial charge in [-0.05, 0) is 48.3 Å². The number of amides is 2. The Morgan fingerprint density at radius 1 is 1.17 bits per heavy atom. The molecule has 2 rings (SSSR count). The zero-order valence-corrected chi connectivity index (χ0v) is 18.5. The quantitative estimate of drug-likeness (QED) is 0.478. The lowest BCUT2D eigenvalue weighted by Gasteiger charge is -2.36. The zero-order valence-electron chi connectivity index (χ0n) is 17.0. The number of hydrogen-bond donors (Lipinski definition) is 3. The molecule has 0 spiro atoms. The van der Waals surface area contributed by atoms with Crippen LogP contribution in [-0.4, -0.2) is 24.1 Å². The summed E-state index contributed by atoms with van der Waals surface area (Å²) in [5, 5.41) is 0.836. The molecule has 9 heteroatoms. The molecule has 1 aliphatic rings. The summed E-state index contributed by atoms with van der Waals surface area (Å²) in [7, 11) is 0. The number of benzene rings is 1. The summed E-state index contributed by atoms with van der Waals surface area (Å²) in [5.41, 5.74) is 15.7. The highest BCUT2D eigenvalue weighted by Gasteiger charge is 2.32. The van der Waals surface area contributed by atoms with Crippen molar-refractivity contribution in [3.63, 3.8) is 0 Å². The number of nitrogens with zero attached hydrogens (tertiary/aromatic N) is 1. The largest absolute Gasteiger partial charge is 0.446 e. The van der Waals surface area contributed by atoms with Crippen LogP contribution in [0.15, 0.2) is 23.2 Å². The second-order valence-corrected chi connectivity index (χ2v) is 8.42. The number of nitrogens with two attached hydrogens (primary N) is 3. The van der Waals surface area contributed by atoms with Crippen molar-refractivity contribution in [2.24, 2.45) is 39.9 Å². The van der Waals surface area contributed by atoms with Crippen LogP contribution in [0.5, 0.6) is 0 Å². The Bertz CT molecular complexity index is 716. The molecule has 3 unspecified atom stereocenters. The van der Waals surface area contributed by atoms with E-state index in [0.717, 1.165) is 12.8 Å². The monoisotopic (exact) mass is 444 g/mol. The average molecular weight is 445 g/mol. The summed E-state index contributed by atoms with van der Waals surface area (Å²) in [6, 6.07) is 4.98. The number of hydrogen-bond acceptors (Lipinski definition) is 3. The Balaban J connectivity index is 0.000000291. The first-order valence-electron chi connectivity index (χ1n) is 9.52. The molecule has 0 bridgehead atoms. The molecule has 6 N–H and O–H groups in total. The first-order valence-corrected chi connectivity index (χ1v) is 10.3. The van der Waals surface area contributed by atoms with Gasteiger partial charge in [0.1, 0.15) is 6.10 Å². The van der Waals surface area contributed by atoms with Gasteiger partial charge in [-0.1, -0.05) is 56.5 Å². The van der Waals surface area contributed by atoms with Crippen molar-refractivity contribution < 1.29 is 14.3 Å². The average Bonchev–Trinajstić information content (AvgIpc) is 2.57. The minimum atomic E-state index is -0.630. The highest BCUT2D eigenvalue weighted by molar-refractivity contribution is 6.36. The molecular weight excluding hydrogens is 415 g/mol. The van der Waals surface area contributed by atoms with Gasteiger partial charge in [0.05, 0.1) is 6.42 Å². The maximum Gasteiger partial charge on any atom is 0.404 e. The maximum absolute atomic E-state index is 11.3. The second kappa shape index (κ2) is 11.9. The fourth-order valence-corrected chi connectivity index (χ4v) is 3.97. The highest BCUT2D eigenvalue weighted by Crippen LogP contribution is 2.35. The normalized spacial score (nSPS) is 21.0. The molecule has 0 aromatic heterocycles. The van der Waals surface area contributed by atoms with Crippen LogP contribution in [0.3, 0.4) is 0 Å². The van der Waals surface area contributed by atoms with E-state index in [2.05, 4.69) is 25.8 Å². The van der Waals surface area contributed by atoms with E-state index in [4.69, 9.17) is 45.1 Å². The molecule has 1 saturated carbocycles. The van der Waals surface area contributed by atoms with Gasteiger partial charge in [-0.3, -0.25) is 4.79 Å². The van der Waals surface area contributed by atoms with E-state index >= 15 is 0 Å². The minimum Gasteiger partial charge on any atom is -0.446 e. The Hall–Kier alpha value is -1.99. The lowest BCUT2D eigenvalue weighted by atomic mass is 9.75. The number of carbonyl (C=O) groups excluding carboxylic acids is 2. The van der Waals surface area contributed by atoms with Crippen molar-refractivity contribution in [2.45, 2.75) is 52.6 Å². The molecule has 1 aromatic rings. The third kappa shape index (κ3) is 8.92. The van der Waals surface area contributed by atoms with Gasteiger partial charge in [0.15, 0.2) is 5.96 Å². The Morgan fingerprint density at radius 3 is 2.24 bits per heavy atom. The molecule has 0 radical (unpaired) electrons. The molecule has 0 aliphatic heterocycles. The number of aliphatic imine (C=N–C) groups is 1. The molecule has 1 aromatic carbocycles. The molecule has 3 atom stereocenters. The SMILES string of the molecule is CC1CCC(C(C)C)C(OC(N)=O)C1.NC(N)=NC(=O)Cc1c(Cl)cccc1Cl. The summed E-state index contributed by atoms with van der Waals surface area (Å²) in [5.74, 6) is 0.938. The molecule has 0 saturated heterocycles. The van der Waals surface area contributed by atoms with E-state index in [-0.39, 0.29) is 18.5 Å². The third-order valence-corrected chi connectivity index (χ3v) is 5.58. The van der Waals surface area contributed by atoms with Crippen LogP contribution < -0.4 is 17.2 Å². The number of ether oxygens (including phenoxy) is 1. The molecule has 2 amide bonds. The number of halogens is 2. The van der Waals surface area contributed by atoms with Crippen molar-refractivity contribution >= 4 is 41.2 Å². The van der Waals surface area contributed by atoms with Crippen LogP contribution in [0.1, 0.15) is 45.6 Å². The molecule has 1 aliphatic carbocycles. The lowest BCUT2D eigenvalue weighted by molar-refractivity contribution is -0.117. The molecule has 29 heavy (non-hydrogen) atoms. The van der Waals surface area contributed by atoms with E-state index < -0.39 is 12.0 Å². The molecule has 1 fully saturated rings. The maximum atomic E-state index is 11.3. The van der Waals surface area contributed by atoms with E-state index in [1.54, 1.807) is 18.2 Å². The van der Waals surface area contributed by atoms with Crippen LogP contribution in [0.2, 0.25) is 10.0 Å². The van der Waals surface area contributed by atoms with Gasteiger partial charge in [0, 0.05) is 10.0 Å². The predicted octanol–water partition coefficient (Wildman–Crippen LogP) is 3.88. The van der Waals surface area contributed by atoms with Gasteiger partial charge in [-0.15, -0.1) is 0 Å². The van der Waals surface area contributed by atoms with Crippen molar-refractivity contribution in [1.29, 1.82) is 0 Å². The lowest BCUT2D eigenvalue weighted by Crippen LogP contribution is -2.37. The summed E-state index contributed by atoms with van der Waals surface area (Å²) in [6.45, 7) is 6.56. The van der Waals surface area contributed by atoms with Crippen LogP contribution in [0.4, 0.5) is 4.79 Å². The van der Waals surface area contributed by atoms with Gasteiger partial charge in [-0.25, -0.2) is 4.79 Å². The summed E-state index contributed by atoms with van der Waals surface area (Å²) in [4.78, 5) is 25.4. The summed E-state index contributed by atoms with van der Waals surface area (Å²) < 4.78 is 5.17. The first kappa shape index (κ1) is 25.0. The number of carbonyl (C=O) groups is 2. The van der Waals surface area contributed by atoms with Crippen LogP contribution in [0, 0.1) is 17.8 Å². The first-order chi connectivity index (χ1) is 13.5. The number of primary amides is 1. The highest BCUT2D eigenvalue weighted by atomic mass is 35.5. The van der Waals surface area contributed by atoms with E-state index in [1.165, 1.54) is 6.42 Å². The Labute approximate surface area is 181 Å². The summed E-state index contributed by atoms with van der Waals surface area (Å²) in [6.07, 6.45) is 2.74. The van der Waals surface area contributed by atoms with Crippen LogP contribution >= 0.6 is 23.2 Å². The van der Waals surface area contributed by atoms with Crippen molar-refractivity contribution in [3.05, 3.63) is 33.8 Å². The zero-order chi connectivity index (χ0) is 22.1. The third-order valence-electron chi connectivity index (χ3n) is 4.87. The number of rotatable bonds is 4. The van der Waals surface area contributed by atoms with Crippen molar-refractivity contribution in [1.82, 2.24) is 0 Å². The van der Waals surface area contributed by atoms with Gasteiger partial charge in [0.2, 0.25) is 0 Å². The van der Waals surface area contributed by atoms with Gasteiger partial charge < -0.3 is 21.9 Å². The predicted molar refractivity (Wildman–Crippen MR) is 117 cm³/mol. The molecular formula is C20H30Cl2N4O3. The van der Waals surface area contributed by atoms with Gasteiger partial charge in [-0.2, -0.15) is 4.99 Å². The summed E-state index contributed by atoms with van der Waals surface area (Å²) >= 11 is 11.7. The fraction of sp³-hybridized carbons (Fsp3) is 0.550. The standard InChI is InChI=1S/C11H21NO2.C9H9Cl2N3O/c1-7(2)9-5-4-8(3)6-10(9)14-11(12)13;10-6-2-1-3-7(11)5(6)4-8(15)14-9(12)13/h7-10H,4-6H2,1-3H3,(H2,12,13);1-3H,4H2,(H4,12,13,14,15). The Kier molecular flexibility index (Phi) is 10.3. The Morgan fingerprint density at radius 2 is 1.76 bits per heavy atom. The van der Waals surface area contributed by atoms with Crippen molar-refractivity contribution in [2.75, 3.05) is 0 Å². The van der Waals surface area contributed by atoms with Crippen LogP contribution in [0.25, 0.3) is 0 Å². The topological polar surface area (TPSA) is 134 Å². The van der Waals surface area contributed by atoms with Crippen LogP contribution in [-0.2, 0) is 16.0 Å². The molecule has 7 nitrogen and oxygen atoms in total.